The molecule has 0 aromatic heterocycles. The lowest BCUT2D eigenvalue weighted by Crippen LogP contribution is -2.38. The van der Waals surface area contributed by atoms with Gasteiger partial charge < -0.3 is 10.6 Å². The Bertz CT molecular complexity index is 369. The molecular formula is C15H23N3. The number of hydrogen-bond donors (Lipinski definition) is 2. The number of benzene rings is 1. The van der Waals surface area contributed by atoms with Crippen LogP contribution in [0.1, 0.15) is 25.3 Å². The van der Waals surface area contributed by atoms with Crippen molar-refractivity contribution in [2.24, 2.45) is 10.9 Å². The second-order valence-electron chi connectivity index (χ2n) is 4.83. The molecule has 0 unspecified atom stereocenters. The van der Waals surface area contributed by atoms with Crippen LogP contribution in [0.15, 0.2) is 35.3 Å². The molecule has 1 aliphatic carbocycles. The fourth-order valence-corrected chi connectivity index (χ4v) is 1.83. The predicted octanol–water partition coefficient (Wildman–Crippen LogP) is 2.19. The van der Waals surface area contributed by atoms with E-state index in [0.717, 1.165) is 37.9 Å². The summed E-state index contributed by atoms with van der Waals surface area (Å²) >= 11 is 0. The second kappa shape index (κ2) is 7.04. The summed E-state index contributed by atoms with van der Waals surface area (Å²) in [5, 5.41) is 6.68. The largest absolute Gasteiger partial charge is 0.357 e. The molecule has 1 saturated carbocycles. The van der Waals surface area contributed by atoms with Crippen LogP contribution in [0.4, 0.5) is 0 Å². The Morgan fingerprint density at radius 3 is 2.67 bits per heavy atom. The van der Waals surface area contributed by atoms with Crippen LogP contribution in [0, 0.1) is 5.92 Å². The van der Waals surface area contributed by atoms with Gasteiger partial charge in [0, 0.05) is 19.6 Å². The Balaban J connectivity index is 1.72. The van der Waals surface area contributed by atoms with Crippen LogP contribution in [-0.4, -0.2) is 25.6 Å². The summed E-state index contributed by atoms with van der Waals surface area (Å²) < 4.78 is 0. The Hall–Kier alpha value is -1.51. The summed E-state index contributed by atoms with van der Waals surface area (Å²) in [6.07, 6.45) is 3.74. The Labute approximate surface area is 110 Å². The number of hydrogen-bond acceptors (Lipinski definition) is 1. The molecule has 0 radical (unpaired) electrons. The highest BCUT2D eigenvalue weighted by Crippen LogP contribution is 2.28. The van der Waals surface area contributed by atoms with Crippen molar-refractivity contribution in [3.63, 3.8) is 0 Å². The number of aliphatic imine (C=N–C) groups is 1. The maximum absolute atomic E-state index is 4.60. The highest BCUT2D eigenvalue weighted by Gasteiger charge is 2.20. The standard InChI is InChI=1S/C15H23N3/c1-2-16-15(18-12-14-8-9-14)17-11-10-13-6-4-3-5-7-13/h3-7,14H,2,8-12H2,1H3,(H2,16,17,18). The first-order chi connectivity index (χ1) is 8.88. The fourth-order valence-electron chi connectivity index (χ4n) is 1.83. The monoisotopic (exact) mass is 245 g/mol. The van der Waals surface area contributed by atoms with Gasteiger partial charge in [0.2, 0.25) is 0 Å². The van der Waals surface area contributed by atoms with E-state index in [1.807, 2.05) is 0 Å². The van der Waals surface area contributed by atoms with Crippen molar-refractivity contribution in [3.8, 4) is 0 Å². The van der Waals surface area contributed by atoms with E-state index < -0.39 is 0 Å². The molecule has 0 amide bonds. The SMILES string of the molecule is CCNC(=NCC1CC1)NCCc1ccccc1. The number of rotatable bonds is 6. The van der Waals surface area contributed by atoms with Crippen molar-refractivity contribution in [2.75, 3.05) is 19.6 Å². The van der Waals surface area contributed by atoms with Crippen LogP contribution in [-0.2, 0) is 6.42 Å². The number of guanidine groups is 1. The third kappa shape index (κ3) is 4.78. The molecule has 1 aromatic rings. The molecule has 0 heterocycles. The van der Waals surface area contributed by atoms with Gasteiger partial charge in [0.05, 0.1) is 0 Å². The molecule has 2 rings (SSSR count). The minimum atomic E-state index is 0.842. The van der Waals surface area contributed by atoms with E-state index in [1.54, 1.807) is 0 Å². The molecule has 3 nitrogen and oxygen atoms in total. The normalized spacial score (nSPS) is 15.5. The molecular weight excluding hydrogens is 222 g/mol. The van der Waals surface area contributed by atoms with Crippen LogP contribution in [0.2, 0.25) is 0 Å². The van der Waals surface area contributed by atoms with Crippen molar-refractivity contribution in [1.82, 2.24) is 10.6 Å². The molecule has 1 aliphatic rings. The summed E-state index contributed by atoms with van der Waals surface area (Å²) in [6, 6.07) is 10.5. The lowest BCUT2D eigenvalue weighted by molar-refractivity contribution is 0.777. The van der Waals surface area contributed by atoms with Gasteiger partial charge in [-0.1, -0.05) is 30.3 Å². The molecule has 1 fully saturated rings. The molecule has 98 valence electrons. The van der Waals surface area contributed by atoms with Crippen molar-refractivity contribution in [3.05, 3.63) is 35.9 Å². The van der Waals surface area contributed by atoms with Gasteiger partial charge in [-0.25, -0.2) is 0 Å². The number of nitrogens with zero attached hydrogens (tertiary/aromatic N) is 1. The first-order valence-corrected chi connectivity index (χ1v) is 6.94. The van der Waals surface area contributed by atoms with E-state index in [2.05, 4.69) is 52.9 Å². The van der Waals surface area contributed by atoms with Gasteiger partial charge in [-0.3, -0.25) is 4.99 Å². The minimum Gasteiger partial charge on any atom is -0.357 e. The van der Waals surface area contributed by atoms with E-state index in [4.69, 9.17) is 0 Å². The Morgan fingerprint density at radius 1 is 1.22 bits per heavy atom. The van der Waals surface area contributed by atoms with Gasteiger partial charge >= 0.3 is 0 Å². The number of nitrogens with one attached hydrogen (secondary N) is 2. The summed E-state index contributed by atoms with van der Waals surface area (Å²) in [7, 11) is 0. The first-order valence-electron chi connectivity index (χ1n) is 6.94. The van der Waals surface area contributed by atoms with E-state index in [1.165, 1.54) is 18.4 Å². The van der Waals surface area contributed by atoms with E-state index in [-0.39, 0.29) is 0 Å². The smallest absolute Gasteiger partial charge is 0.191 e. The average Bonchev–Trinajstić information content (AvgIpc) is 3.21. The molecule has 3 heteroatoms. The lowest BCUT2D eigenvalue weighted by atomic mass is 10.1. The second-order valence-corrected chi connectivity index (χ2v) is 4.83. The highest BCUT2D eigenvalue weighted by atomic mass is 15.2. The molecule has 0 saturated heterocycles. The molecule has 2 N–H and O–H groups in total. The molecule has 0 atom stereocenters. The van der Waals surface area contributed by atoms with Gasteiger partial charge in [-0.05, 0) is 37.7 Å². The third-order valence-corrected chi connectivity index (χ3v) is 3.10. The summed E-state index contributed by atoms with van der Waals surface area (Å²) in [4.78, 5) is 4.60. The van der Waals surface area contributed by atoms with Crippen molar-refractivity contribution in [1.29, 1.82) is 0 Å². The van der Waals surface area contributed by atoms with Gasteiger partial charge in [0.1, 0.15) is 0 Å². The van der Waals surface area contributed by atoms with Gasteiger partial charge in [0.15, 0.2) is 5.96 Å². The predicted molar refractivity (Wildman–Crippen MR) is 76.9 cm³/mol. The minimum absolute atomic E-state index is 0.842. The third-order valence-electron chi connectivity index (χ3n) is 3.10. The zero-order valence-corrected chi connectivity index (χ0v) is 11.2. The first kappa shape index (κ1) is 12.9. The van der Waals surface area contributed by atoms with Crippen molar-refractivity contribution in [2.45, 2.75) is 26.2 Å². The van der Waals surface area contributed by atoms with Crippen molar-refractivity contribution >= 4 is 5.96 Å². The van der Waals surface area contributed by atoms with Gasteiger partial charge in [0.25, 0.3) is 0 Å². The highest BCUT2D eigenvalue weighted by molar-refractivity contribution is 5.79. The van der Waals surface area contributed by atoms with Crippen LogP contribution in [0.3, 0.4) is 0 Å². The zero-order chi connectivity index (χ0) is 12.6. The van der Waals surface area contributed by atoms with Crippen LogP contribution >= 0.6 is 0 Å². The van der Waals surface area contributed by atoms with E-state index >= 15 is 0 Å². The molecule has 1 aromatic carbocycles. The zero-order valence-electron chi connectivity index (χ0n) is 11.2. The molecule has 18 heavy (non-hydrogen) atoms. The maximum Gasteiger partial charge on any atom is 0.191 e. The summed E-state index contributed by atoms with van der Waals surface area (Å²) in [5.74, 6) is 1.80. The van der Waals surface area contributed by atoms with E-state index in [9.17, 15) is 0 Å². The quantitative estimate of drug-likeness (QED) is 0.595. The summed E-state index contributed by atoms with van der Waals surface area (Å²) in [5.41, 5.74) is 1.36. The molecule has 0 bridgehead atoms. The van der Waals surface area contributed by atoms with E-state index in [0.29, 0.717) is 0 Å². The van der Waals surface area contributed by atoms with Crippen LogP contribution < -0.4 is 10.6 Å². The topological polar surface area (TPSA) is 36.4 Å². The van der Waals surface area contributed by atoms with Crippen molar-refractivity contribution < 1.29 is 0 Å². The Morgan fingerprint density at radius 2 is 2.00 bits per heavy atom. The molecule has 0 spiro atoms. The van der Waals surface area contributed by atoms with Gasteiger partial charge in [-0.2, -0.15) is 0 Å². The van der Waals surface area contributed by atoms with Gasteiger partial charge in [-0.15, -0.1) is 0 Å². The average molecular weight is 245 g/mol. The maximum atomic E-state index is 4.60. The molecule has 0 aliphatic heterocycles. The van der Waals surface area contributed by atoms with Crippen LogP contribution in [0.25, 0.3) is 0 Å². The van der Waals surface area contributed by atoms with Crippen LogP contribution in [0.5, 0.6) is 0 Å². The Kier molecular flexibility index (Phi) is 5.06. The fraction of sp³-hybridized carbons (Fsp3) is 0.533. The summed E-state index contributed by atoms with van der Waals surface area (Å²) in [6.45, 7) is 4.93. The lowest BCUT2D eigenvalue weighted by Gasteiger charge is -2.11.